The second-order valence-corrected chi connectivity index (χ2v) is 4.39. The van der Waals surface area contributed by atoms with Crippen LogP contribution in [0.2, 0.25) is 0 Å². The summed E-state index contributed by atoms with van der Waals surface area (Å²) >= 11 is 0. The maximum absolute atomic E-state index is 12.0. The third-order valence-corrected chi connectivity index (χ3v) is 2.87. The molecule has 0 saturated heterocycles. The highest BCUT2D eigenvalue weighted by Crippen LogP contribution is 2.17. The normalized spacial score (nSPS) is 9.86. The van der Waals surface area contributed by atoms with E-state index >= 15 is 0 Å². The van der Waals surface area contributed by atoms with Crippen molar-refractivity contribution < 1.29 is 23.8 Å². The molecule has 0 aliphatic heterocycles. The van der Waals surface area contributed by atoms with Crippen LogP contribution in [0.15, 0.2) is 54.6 Å². The first-order valence-electron chi connectivity index (χ1n) is 6.70. The van der Waals surface area contributed by atoms with E-state index in [1.807, 2.05) is 6.07 Å². The zero-order valence-electron chi connectivity index (χ0n) is 12.2. The van der Waals surface area contributed by atoms with Crippen molar-refractivity contribution in [2.45, 2.75) is 0 Å². The summed E-state index contributed by atoms with van der Waals surface area (Å²) < 4.78 is 15.2. The van der Waals surface area contributed by atoms with Crippen molar-refractivity contribution in [3.05, 3.63) is 60.2 Å². The molecule has 22 heavy (non-hydrogen) atoms. The maximum Gasteiger partial charge on any atom is 0.344 e. The highest BCUT2D eigenvalue weighted by Gasteiger charge is 2.14. The minimum Gasteiger partial charge on any atom is -0.496 e. The van der Waals surface area contributed by atoms with E-state index in [9.17, 15) is 9.59 Å². The van der Waals surface area contributed by atoms with Crippen LogP contribution in [0, 0.1) is 0 Å². The van der Waals surface area contributed by atoms with Crippen LogP contribution in [-0.2, 0) is 9.53 Å². The fourth-order valence-electron chi connectivity index (χ4n) is 1.80. The van der Waals surface area contributed by atoms with Gasteiger partial charge in [0.05, 0.1) is 12.7 Å². The molecule has 0 unspecified atom stereocenters. The van der Waals surface area contributed by atoms with Gasteiger partial charge in [0.2, 0.25) is 5.78 Å². The van der Waals surface area contributed by atoms with Crippen molar-refractivity contribution in [1.82, 2.24) is 0 Å². The summed E-state index contributed by atoms with van der Waals surface area (Å²) in [6.07, 6.45) is 0. The van der Waals surface area contributed by atoms with Crippen LogP contribution in [0.4, 0.5) is 0 Å². The topological polar surface area (TPSA) is 61.8 Å². The number of methoxy groups -OCH3 is 1. The summed E-state index contributed by atoms with van der Waals surface area (Å²) in [4.78, 5) is 23.6. The van der Waals surface area contributed by atoms with Gasteiger partial charge in [-0.05, 0) is 24.3 Å². The second-order valence-electron chi connectivity index (χ2n) is 4.39. The second kappa shape index (κ2) is 7.83. The van der Waals surface area contributed by atoms with Crippen LogP contribution in [0.3, 0.4) is 0 Å². The first kappa shape index (κ1) is 15.6. The number of carbonyl (C=O) groups excluding carboxylic acids is 2. The summed E-state index contributed by atoms with van der Waals surface area (Å²) in [5.74, 6) is 0.0807. The predicted molar refractivity (Wildman–Crippen MR) is 80.2 cm³/mol. The molecular formula is C17H16O5. The molecule has 0 amide bonds. The van der Waals surface area contributed by atoms with Crippen LogP contribution in [-0.4, -0.2) is 32.1 Å². The Hall–Kier alpha value is -2.82. The van der Waals surface area contributed by atoms with E-state index in [4.69, 9.17) is 14.2 Å². The first-order chi connectivity index (χ1) is 10.7. The number of carbonyl (C=O) groups is 2. The van der Waals surface area contributed by atoms with Crippen molar-refractivity contribution in [2.24, 2.45) is 0 Å². The summed E-state index contributed by atoms with van der Waals surface area (Å²) in [6, 6.07) is 15.7. The van der Waals surface area contributed by atoms with E-state index in [1.54, 1.807) is 48.5 Å². The number of para-hydroxylation sites is 2. The molecule has 2 aromatic rings. The molecule has 0 N–H and O–H groups in total. The Kier molecular flexibility index (Phi) is 5.54. The van der Waals surface area contributed by atoms with Gasteiger partial charge < -0.3 is 14.2 Å². The number of rotatable bonds is 7. The van der Waals surface area contributed by atoms with Crippen LogP contribution in [0.1, 0.15) is 10.4 Å². The third kappa shape index (κ3) is 4.34. The van der Waals surface area contributed by atoms with E-state index < -0.39 is 5.97 Å². The molecule has 0 atom stereocenters. The zero-order valence-corrected chi connectivity index (χ0v) is 12.2. The lowest BCUT2D eigenvalue weighted by Crippen LogP contribution is -2.19. The molecule has 2 rings (SSSR count). The number of hydrogen-bond donors (Lipinski definition) is 0. The molecule has 0 saturated carbocycles. The minimum atomic E-state index is -0.605. The molecule has 0 aliphatic rings. The smallest absolute Gasteiger partial charge is 0.344 e. The van der Waals surface area contributed by atoms with E-state index in [-0.39, 0.29) is 19.0 Å². The van der Waals surface area contributed by atoms with Gasteiger partial charge >= 0.3 is 5.97 Å². The van der Waals surface area contributed by atoms with Crippen molar-refractivity contribution in [1.29, 1.82) is 0 Å². The van der Waals surface area contributed by atoms with E-state index in [2.05, 4.69) is 0 Å². The predicted octanol–water partition coefficient (Wildman–Crippen LogP) is 2.50. The molecular weight excluding hydrogens is 284 g/mol. The Morgan fingerprint density at radius 3 is 2.32 bits per heavy atom. The molecule has 5 nitrogen and oxygen atoms in total. The highest BCUT2D eigenvalue weighted by molar-refractivity contribution is 6.00. The van der Waals surface area contributed by atoms with Crippen LogP contribution in [0.5, 0.6) is 11.5 Å². The lowest BCUT2D eigenvalue weighted by atomic mass is 10.1. The highest BCUT2D eigenvalue weighted by atomic mass is 16.6. The van der Waals surface area contributed by atoms with E-state index in [0.717, 1.165) is 0 Å². The van der Waals surface area contributed by atoms with Crippen molar-refractivity contribution in [3.63, 3.8) is 0 Å². The van der Waals surface area contributed by atoms with Gasteiger partial charge in [0.15, 0.2) is 13.2 Å². The monoisotopic (exact) mass is 300 g/mol. The van der Waals surface area contributed by atoms with Gasteiger partial charge in [0.25, 0.3) is 0 Å². The summed E-state index contributed by atoms with van der Waals surface area (Å²) in [5, 5.41) is 0. The molecule has 0 aliphatic carbocycles. The van der Waals surface area contributed by atoms with Gasteiger partial charge in [0, 0.05) is 0 Å². The van der Waals surface area contributed by atoms with Crippen molar-refractivity contribution >= 4 is 11.8 Å². The average molecular weight is 300 g/mol. The first-order valence-corrected chi connectivity index (χ1v) is 6.70. The van der Waals surface area contributed by atoms with Crippen LogP contribution in [0.25, 0.3) is 0 Å². The molecule has 2 aromatic carbocycles. The molecule has 0 spiro atoms. The van der Waals surface area contributed by atoms with E-state index in [0.29, 0.717) is 17.1 Å². The number of Topliss-reactive ketones (excluding diaryl/α,β-unsaturated/α-hetero) is 1. The van der Waals surface area contributed by atoms with Gasteiger partial charge in [-0.2, -0.15) is 0 Å². The van der Waals surface area contributed by atoms with Crippen molar-refractivity contribution in [2.75, 3.05) is 20.3 Å². The molecule has 0 radical (unpaired) electrons. The maximum atomic E-state index is 12.0. The molecule has 114 valence electrons. The number of hydrogen-bond acceptors (Lipinski definition) is 5. The van der Waals surface area contributed by atoms with Gasteiger partial charge in [-0.15, -0.1) is 0 Å². The number of ketones is 1. The Morgan fingerprint density at radius 1 is 0.909 bits per heavy atom. The molecule has 5 heteroatoms. The largest absolute Gasteiger partial charge is 0.496 e. The quantitative estimate of drug-likeness (QED) is 0.581. The van der Waals surface area contributed by atoms with Crippen LogP contribution >= 0.6 is 0 Å². The van der Waals surface area contributed by atoms with Gasteiger partial charge in [-0.25, -0.2) is 4.79 Å². The lowest BCUT2D eigenvalue weighted by molar-refractivity contribution is -0.144. The minimum absolute atomic E-state index is 0.247. The Balaban J connectivity index is 1.82. The Labute approximate surface area is 128 Å². The van der Waals surface area contributed by atoms with Gasteiger partial charge in [-0.1, -0.05) is 30.3 Å². The number of benzene rings is 2. The summed E-state index contributed by atoms with van der Waals surface area (Å²) in [6.45, 7) is -0.597. The summed E-state index contributed by atoms with van der Waals surface area (Å²) in [7, 11) is 1.48. The van der Waals surface area contributed by atoms with Gasteiger partial charge in [0.1, 0.15) is 11.5 Å². The number of ether oxygens (including phenoxy) is 3. The summed E-state index contributed by atoms with van der Waals surface area (Å²) in [5.41, 5.74) is 0.377. The molecule has 0 bridgehead atoms. The molecule has 0 fully saturated rings. The number of esters is 1. The van der Waals surface area contributed by atoms with Gasteiger partial charge in [-0.3, -0.25) is 4.79 Å². The Morgan fingerprint density at radius 2 is 1.59 bits per heavy atom. The standard InChI is InChI=1S/C17H16O5/c1-20-16-10-6-5-9-14(16)15(18)11-22-17(19)12-21-13-7-3-2-4-8-13/h2-10H,11-12H2,1H3. The molecule has 0 aromatic heterocycles. The Bertz CT molecular complexity index is 637. The SMILES string of the molecule is COc1ccccc1C(=O)COC(=O)COc1ccccc1. The lowest BCUT2D eigenvalue weighted by Gasteiger charge is -2.08. The zero-order chi connectivity index (χ0) is 15.8. The fraction of sp³-hybridized carbons (Fsp3) is 0.176. The van der Waals surface area contributed by atoms with E-state index in [1.165, 1.54) is 7.11 Å². The van der Waals surface area contributed by atoms with Crippen LogP contribution < -0.4 is 9.47 Å². The molecule has 0 heterocycles. The third-order valence-electron chi connectivity index (χ3n) is 2.87. The van der Waals surface area contributed by atoms with Crippen molar-refractivity contribution in [3.8, 4) is 11.5 Å². The fourth-order valence-corrected chi connectivity index (χ4v) is 1.80. The average Bonchev–Trinajstić information content (AvgIpc) is 2.58.